The summed E-state index contributed by atoms with van der Waals surface area (Å²) >= 11 is 1.27. The van der Waals surface area contributed by atoms with Crippen LogP contribution in [0.25, 0.3) is 17.1 Å². The highest BCUT2D eigenvalue weighted by molar-refractivity contribution is 7.99. The maximum Gasteiger partial charge on any atom is 0.234 e. The van der Waals surface area contributed by atoms with Gasteiger partial charge < -0.3 is 5.32 Å². The van der Waals surface area contributed by atoms with Crippen LogP contribution in [-0.2, 0) is 4.79 Å². The summed E-state index contributed by atoms with van der Waals surface area (Å²) in [6.45, 7) is 5.99. The van der Waals surface area contributed by atoms with E-state index in [1.165, 1.54) is 23.9 Å². The number of thioether (sulfide) groups is 1. The summed E-state index contributed by atoms with van der Waals surface area (Å²) in [5.74, 6) is 0.281. The SMILES string of the molecule is Cc1cc(C)c(NC(=O)CSc2nnc(-c3ccncc3)n2-c2ccc(F)cc2)c(C)c1. The van der Waals surface area contributed by atoms with Gasteiger partial charge in [-0.05, 0) is 68.3 Å². The standard InChI is InChI=1S/C24H22FN5OS/c1-15-12-16(2)22(17(3)13-15)27-21(31)14-32-24-29-28-23(18-8-10-26-11-9-18)30(24)20-6-4-19(25)5-7-20/h4-13H,14H2,1-3H3,(H,27,31). The molecule has 162 valence electrons. The minimum Gasteiger partial charge on any atom is -0.325 e. The van der Waals surface area contributed by atoms with Gasteiger partial charge >= 0.3 is 0 Å². The van der Waals surface area contributed by atoms with Gasteiger partial charge in [-0.2, -0.15) is 0 Å². The van der Waals surface area contributed by atoms with Crippen LogP contribution in [-0.4, -0.2) is 31.4 Å². The Labute approximate surface area is 189 Å². The Morgan fingerprint density at radius 1 is 1.00 bits per heavy atom. The van der Waals surface area contributed by atoms with E-state index >= 15 is 0 Å². The van der Waals surface area contributed by atoms with Crippen LogP contribution in [0.2, 0.25) is 0 Å². The number of nitrogens with one attached hydrogen (secondary N) is 1. The lowest BCUT2D eigenvalue weighted by atomic mass is 10.1. The van der Waals surface area contributed by atoms with Crippen molar-refractivity contribution >= 4 is 23.4 Å². The molecular weight excluding hydrogens is 425 g/mol. The van der Waals surface area contributed by atoms with Crippen LogP contribution in [0.4, 0.5) is 10.1 Å². The molecule has 2 heterocycles. The van der Waals surface area contributed by atoms with E-state index in [0.717, 1.165) is 27.9 Å². The average Bonchev–Trinajstić information content (AvgIpc) is 3.20. The molecule has 0 bridgehead atoms. The second-order valence-corrected chi connectivity index (χ2v) is 8.41. The molecule has 0 spiro atoms. The molecule has 0 aliphatic carbocycles. The summed E-state index contributed by atoms with van der Waals surface area (Å²) in [4.78, 5) is 16.7. The molecule has 2 aromatic carbocycles. The fourth-order valence-corrected chi connectivity index (χ4v) is 4.31. The number of pyridine rings is 1. The van der Waals surface area contributed by atoms with Crippen LogP contribution in [0.3, 0.4) is 0 Å². The Morgan fingerprint density at radius 2 is 1.66 bits per heavy atom. The van der Waals surface area contributed by atoms with Crippen LogP contribution in [0.1, 0.15) is 16.7 Å². The molecular formula is C24H22FN5OS. The zero-order valence-electron chi connectivity index (χ0n) is 18.0. The first-order chi connectivity index (χ1) is 15.4. The molecule has 0 aliphatic rings. The molecule has 0 atom stereocenters. The molecule has 0 unspecified atom stereocenters. The van der Waals surface area contributed by atoms with E-state index in [2.05, 4.69) is 20.5 Å². The van der Waals surface area contributed by atoms with Crippen molar-refractivity contribution in [3.05, 3.63) is 83.4 Å². The van der Waals surface area contributed by atoms with Gasteiger partial charge in [-0.15, -0.1) is 10.2 Å². The minimum atomic E-state index is -0.329. The van der Waals surface area contributed by atoms with Crippen molar-refractivity contribution in [2.24, 2.45) is 0 Å². The highest BCUT2D eigenvalue weighted by Crippen LogP contribution is 2.28. The first kappa shape index (κ1) is 21.7. The largest absolute Gasteiger partial charge is 0.325 e. The van der Waals surface area contributed by atoms with Crippen molar-refractivity contribution in [1.29, 1.82) is 0 Å². The topological polar surface area (TPSA) is 72.7 Å². The Bertz CT molecular complexity index is 1230. The molecule has 4 aromatic rings. The molecule has 0 aliphatic heterocycles. The van der Waals surface area contributed by atoms with Crippen molar-refractivity contribution < 1.29 is 9.18 Å². The maximum atomic E-state index is 13.5. The predicted molar refractivity (Wildman–Crippen MR) is 125 cm³/mol. The second kappa shape index (κ2) is 9.32. The van der Waals surface area contributed by atoms with Crippen LogP contribution in [0.5, 0.6) is 0 Å². The van der Waals surface area contributed by atoms with E-state index in [-0.39, 0.29) is 17.5 Å². The summed E-state index contributed by atoms with van der Waals surface area (Å²) in [6.07, 6.45) is 3.34. The van der Waals surface area contributed by atoms with E-state index in [0.29, 0.717) is 16.7 Å². The van der Waals surface area contributed by atoms with E-state index in [9.17, 15) is 9.18 Å². The van der Waals surface area contributed by atoms with Gasteiger partial charge in [0.2, 0.25) is 5.91 Å². The first-order valence-corrected chi connectivity index (χ1v) is 11.0. The van der Waals surface area contributed by atoms with Crippen LogP contribution in [0, 0.1) is 26.6 Å². The van der Waals surface area contributed by atoms with Gasteiger partial charge in [0.05, 0.1) is 5.75 Å². The van der Waals surface area contributed by atoms with E-state index in [1.54, 1.807) is 24.5 Å². The molecule has 2 aromatic heterocycles. The molecule has 32 heavy (non-hydrogen) atoms. The van der Waals surface area contributed by atoms with Gasteiger partial charge in [0.15, 0.2) is 11.0 Å². The lowest BCUT2D eigenvalue weighted by Gasteiger charge is -2.13. The fourth-order valence-electron chi connectivity index (χ4n) is 3.56. The quantitative estimate of drug-likeness (QED) is 0.415. The third kappa shape index (κ3) is 4.70. The summed E-state index contributed by atoms with van der Waals surface area (Å²) < 4.78 is 15.3. The number of rotatable bonds is 6. The monoisotopic (exact) mass is 447 g/mol. The number of aryl methyl sites for hydroxylation is 3. The molecule has 4 rings (SSSR count). The van der Waals surface area contributed by atoms with E-state index in [1.807, 2.05) is 49.6 Å². The second-order valence-electron chi connectivity index (χ2n) is 7.46. The number of hydrogen-bond acceptors (Lipinski definition) is 5. The summed E-state index contributed by atoms with van der Waals surface area (Å²) in [7, 11) is 0. The number of halogens is 1. The number of hydrogen-bond donors (Lipinski definition) is 1. The molecule has 0 saturated heterocycles. The maximum absolute atomic E-state index is 13.5. The van der Waals surface area contributed by atoms with Crippen LogP contribution in [0.15, 0.2) is 66.1 Å². The lowest BCUT2D eigenvalue weighted by Crippen LogP contribution is -2.16. The Balaban J connectivity index is 1.59. The van der Waals surface area contributed by atoms with E-state index in [4.69, 9.17) is 0 Å². The molecule has 0 radical (unpaired) electrons. The summed E-state index contributed by atoms with van der Waals surface area (Å²) in [5.41, 5.74) is 5.56. The van der Waals surface area contributed by atoms with E-state index < -0.39 is 0 Å². The number of aromatic nitrogens is 4. The Hall–Kier alpha value is -3.52. The number of nitrogens with zero attached hydrogens (tertiary/aromatic N) is 4. The Morgan fingerprint density at radius 3 is 2.31 bits per heavy atom. The van der Waals surface area contributed by atoms with Gasteiger partial charge in [0.1, 0.15) is 5.82 Å². The van der Waals surface area contributed by atoms with Crippen molar-refractivity contribution in [2.75, 3.05) is 11.1 Å². The zero-order chi connectivity index (χ0) is 22.7. The molecule has 0 saturated carbocycles. The number of amides is 1. The van der Waals surface area contributed by atoms with Gasteiger partial charge in [-0.3, -0.25) is 14.3 Å². The number of anilines is 1. The van der Waals surface area contributed by atoms with Gasteiger partial charge in [0.25, 0.3) is 0 Å². The normalized spacial score (nSPS) is 10.9. The summed E-state index contributed by atoms with van der Waals surface area (Å²) in [5, 5.41) is 12.2. The molecule has 8 heteroatoms. The van der Waals surface area contributed by atoms with Gasteiger partial charge in [-0.1, -0.05) is 29.5 Å². The van der Waals surface area contributed by atoms with Crippen molar-refractivity contribution in [3.8, 4) is 17.1 Å². The van der Waals surface area contributed by atoms with Gasteiger partial charge in [-0.25, -0.2) is 4.39 Å². The minimum absolute atomic E-state index is 0.135. The lowest BCUT2D eigenvalue weighted by molar-refractivity contribution is -0.113. The molecule has 6 nitrogen and oxygen atoms in total. The molecule has 0 fully saturated rings. The number of carbonyl (C=O) groups is 1. The third-order valence-corrected chi connectivity index (χ3v) is 5.86. The smallest absolute Gasteiger partial charge is 0.234 e. The summed E-state index contributed by atoms with van der Waals surface area (Å²) in [6, 6.07) is 13.8. The Kier molecular flexibility index (Phi) is 6.32. The van der Waals surface area contributed by atoms with Crippen molar-refractivity contribution in [2.45, 2.75) is 25.9 Å². The average molecular weight is 448 g/mol. The third-order valence-electron chi connectivity index (χ3n) is 4.93. The van der Waals surface area contributed by atoms with Gasteiger partial charge in [0, 0.05) is 29.3 Å². The number of benzene rings is 2. The fraction of sp³-hybridized carbons (Fsp3) is 0.167. The molecule has 1 N–H and O–H groups in total. The van der Waals surface area contributed by atoms with Crippen LogP contribution < -0.4 is 5.32 Å². The number of carbonyl (C=O) groups excluding carboxylic acids is 1. The first-order valence-electron chi connectivity index (χ1n) is 10.0. The highest BCUT2D eigenvalue weighted by Gasteiger charge is 2.18. The highest BCUT2D eigenvalue weighted by atomic mass is 32.2. The van der Waals surface area contributed by atoms with Crippen molar-refractivity contribution in [3.63, 3.8) is 0 Å². The van der Waals surface area contributed by atoms with Crippen LogP contribution >= 0.6 is 11.8 Å². The zero-order valence-corrected chi connectivity index (χ0v) is 18.8. The predicted octanol–water partition coefficient (Wildman–Crippen LogP) is 5.12. The van der Waals surface area contributed by atoms with Crippen molar-refractivity contribution in [1.82, 2.24) is 19.7 Å². The molecule has 1 amide bonds.